The van der Waals surface area contributed by atoms with Crippen LogP contribution in [0, 0.1) is 6.92 Å². The van der Waals surface area contributed by atoms with Crippen LogP contribution in [0.5, 0.6) is 5.75 Å². The molecular formula is C14H12N4O2S2. The van der Waals surface area contributed by atoms with Gasteiger partial charge in [-0.25, -0.2) is 0 Å². The molecule has 0 bridgehead atoms. The van der Waals surface area contributed by atoms with Gasteiger partial charge in [-0.15, -0.1) is 16.4 Å². The second-order valence-corrected chi connectivity index (χ2v) is 6.74. The predicted octanol–water partition coefficient (Wildman–Crippen LogP) is 2.71. The van der Waals surface area contributed by atoms with E-state index in [0.29, 0.717) is 5.16 Å². The molecule has 1 N–H and O–H groups in total. The molecule has 0 amide bonds. The number of benzene rings is 1. The summed E-state index contributed by atoms with van der Waals surface area (Å²) in [6.07, 6.45) is 0. The van der Waals surface area contributed by atoms with Crippen molar-refractivity contribution in [2.45, 2.75) is 12.1 Å². The maximum Gasteiger partial charge on any atom is 0.214 e. The van der Waals surface area contributed by atoms with Crippen molar-refractivity contribution in [2.75, 3.05) is 5.75 Å². The summed E-state index contributed by atoms with van der Waals surface area (Å²) in [5.74, 6) is 0.510. The van der Waals surface area contributed by atoms with Gasteiger partial charge in [0, 0.05) is 4.88 Å². The molecule has 2 heterocycles. The van der Waals surface area contributed by atoms with Gasteiger partial charge in [0.15, 0.2) is 5.78 Å². The molecule has 0 aliphatic heterocycles. The number of carbonyl (C=O) groups excluding carboxylic acids is 1. The Hall–Kier alpha value is -2.19. The molecule has 2 aromatic heterocycles. The Bertz CT molecular complexity index is 795. The average Bonchev–Trinajstić information content (AvgIpc) is 3.14. The maximum atomic E-state index is 12.1. The lowest BCUT2D eigenvalue weighted by Crippen LogP contribution is -2.03. The summed E-state index contributed by atoms with van der Waals surface area (Å²) in [5.41, 5.74) is 0.727. The van der Waals surface area contributed by atoms with Crippen LogP contribution >= 0.6 is 23.1 Å². The molecule has 3 rings (SSSR count). The Kier molecular flexibility index (Phi) is 4.21. The molecule has 0 aliphatic rings. The van der Waals surface area contributed by atoms with Crippen molar-refractivity contribution in [3.05, 3.63) is 46.2 Å². The maximum absolute atomic E-state index is 12.1. The number of aryl methyl sites for hydroxylation is 1. The minimum absolute atomic E-state index is 0.0587. The number of Topliss-reactive ketones (excluding diaryl/α,β-unsaturated/α-hetero) is 1. The van der Waals surface area contributed by atoms with E-state index in [0.717, 1.165) is 15.4 Å². The standard InChI is InChI=1S/C14H12N4O2S2/c1-9-2-7-13(22-9)12(20)8-21-14-15-16-17-18(14)10-3-5-11(19)6-4-10/h2-7,19H,8H2,1H3. The largest absolute Gasteiger partial charge is 0.508 e. The molecule has 6 nitrogen and oxygen atoms in total. The van der Waals surface area contributed by atoms with Crippen molar-refractivity contribution in [3.8, 4) is 11.4 Å². The van der Waals surface area contributed by atoms with Gasteiger partial charge in [-0.1, -0.05) is 11.8 Å². The number of hydrogen-bond acceptors (Lipinski definition) is 7. The lowest BCUT2D eigenvalue weighted by Gasteiger charge is -2.03. The normalized spacial score (nSPS) is 10.8. The summed E-state index contributed by atoms with van der Waals surface area (Å²) in [5, 5.41) is 21.4. The summed E-state index contributed by atoms with van der Waals surface area (Å²) < 4.78 is 1.54. The third kappa shape index (κ3) is 3.18. The molecule has 1 aromatic carbocycles. The molecule has 0 saturated heterocycles. The molecule has 8 heteroatoms. The van der Waals surface area contributed by atoms with E-state index in [1.807, 2.05) is 19.1 Å². The molecule has 0 fully saturated rings. The summed E-state index contributed by atoms with van der Waals surface area (Å²) in [6.45, 7) is 1.97. The minimum Gasteiger partial charge on any atom is -0.508 e. The highest BCUT2D eigenvalue weighted by Gasteiger charge is 2.13. The van der Waals surface area contributed by atoms with Crippen molar-refractivity contribution in [1.82, 2.24) is 20.2 Å². The first kappa shape index (κ1) is 14.7. The highest BCUT2D eigenvalue weighted by Crippen LogP contribution is 2.22. The quantitative estimate of drug-likeness (QED) is 0.571. The van der Waals surface area contributed by atoms with Crippen LogP contribution in [0.15, 0.2) is 41.6 Å². The zero-order chi connectivity index (χ0) is 15.5. The Morgan fingerprint density at radius 2 is 2.05 bits per heavy atom. The number of phenolic OH excluding ortho intramolecular Hbond substituents is 1. The molecule has 22 heavy (non-hydrogen) atoms. The van der Waals surface area contributed by atoms with Gasteiger partial charge < -0.3 is 5.11 Å². The van der Waals surface area contributed by atoms with Crippen LogP contribution in [0.2, 0.25) is 0 Å². The van der Waals surface area contributed by atoms with E-state index in [2.05, 4.69) is 15.5 Å². The fraction of sp³-hybridized carbons (Fsp3) is 0.143. The van der Waals surface area contributed by atoms with Crippen LogP contribution in [0.25, 0.3) is 5.69 Å². The Balaban J connectivity index is 1.73. The number of ketones is 1. The monoisotopic (exact) mass is 332 g/mol. The van der Waals surface area contributed by atoms with Crippen molar-refractivity contribution in [3.63, 3.8) is 0 Å². The van der Waals surface area contributed by atoms with Gasteiger partial charge in [0.2, 0.25) is 5.16 Å². The van der Waals surface area contributed by atoms with Gasteiger partial charge >= 0.3 is 0 Å². The Morgan fingerprint density at radius 3 is 2.73 bits per heavy atom. The van der Waals surface area contributed by atoms with Crippen LogP contribution in [0.1, 0.15) is 14.5 Å². The van der Waals surface area contributed by atoms with Gasteiger partial charge in [0.05, 0.1) is 16.3 Å². The third-order valence-corrected chi connectivity index (χ3v) is 4.84. The number of phenols is 1. The number of rotatable bonds is 5. The Labute approximate surface area is 134 Å². The number of carbonyl (C=O) groups is 1. The SMILES string of the molecule is Cc1ccc(C(=O)CSc2nnnn2-c2ccc(O)cc2)s1. The molecule has 0 unspecified atom stereocenters. The van der Waals surface area contributed by atoms with Gasteiger partial charge in [0.25, 0.3) is 0 Å². The number of thioether (sulfide) groups is 1. The topological polar surface area (TPSA) is 80.9 Å². The molecule has 112 valence electrons. The summed E-state index contributed by atoms with van der Waals surface area (Å²) in [7, 11) is 0. The number of thiophene rings is 1. The van der Waals surface area contributed by atoms with E-state index in [1.54, 1.807) is 24.3 Å². The minimum atomic E-state index is 0.0587. The summed E-state index contributed by atoms with van der Waals surface area (Å²) in [4.78, 5) is 14.0. The lowest BCUT2D eigenvalue weighted by molar-refractivity contribution is 0.102. The number of tetrazole rings is 1. The predicted molar refractivity (Wildman–Crippen MR) is 84.9 cm³/mol. The second-order valence-electron chi connectivity index (χ2n) is 4.51. The van der Waals surface area contributed by atoms with Crippen LogP contribution in [-0.4, -0.2) is 36.8 Å². The van der Waals surface area contributed by atoms with Crippen LogP contribution in [-0.2, 0) is 0 Å². The molecule has 0 atom stereocenters. The van der Waals surface area contributed by atoms with E-state index in [1.165, 1.54) is 27.8 Å². The fourth-order valence-corrected chi connectivity index (χ4v) is 3.48. The smallest absolute Gasteiger partial charge is 0.214 e. The van der Waals surface area contributed by atoms with Gasteiger partial charge in [-0.05, 0) is 53.7 Å². The third-order valence-electron chi connectivity index (χ3n) is 2.88. The molecule has 0 spiro atoms. The fourth-order valence-electron chi connectivity index (χ4n) is 1.81. The Morgan fingerprint density at radius 1 is 1.27 bits per heavy atom. The van der Waals surface area contributed by atoms with Crippen molar-refractivity contribution >= 4 is 28.9 Å². The summed E-state index contributed by atoms with van der Waals surface area (Å²) in [6, 6.07) is 10.3. The van der Waals surface area contributed by atoms with Crippen LogP contribution in [0.3, 0.4) is 0 Å². The van der Waals surface area contributed by atoms with Gasteiger partial charge in [-0.3, -0.25) is 4.79 Å². The van der Waals surface area contributed by atoms with Gasteiger partial charge in [0.1, 0.15) is 5.75 Å². The van der Waals surface area contributed by atoms with Crippen molar-refractivity contribution < 1.29 is 9.90 Å². The van der Waals surface area contributed by atoms with E-state index >= 15 is 0 Å². The van der Waals surface area contributed by atoms with Crippen molar-refractivity contribution in [1.29, 1.82) is 0 Å². The van der Waals surface area contributed by atoms with E-state index in [9.17, 15) is 9.90 Å². The molecule has 0 radical (unpaired) electrons. The first-order valence-electron chi connectivity index (χ1n) is 6.44. The molecule has 0 saturated carbocycles. The van der Waals surface area contributed by atoms with Crippen molar-refractivity contribution in [2.24, 2.45) is 0 Å². The zero-order valence-corrected chi connectivity index (χ0v) is 13.3. The number of aromatic hydroxyl groups is 1. The second kappa shape index (κ2) is 6.29. The number of hydrogen-bond donors (Lipinski definition) is 1. The van der Waals surface area contributed by atoms with E-state index < -0.39 is 0 Å². The van der Waals surface area contributed by atoms with Gasteiger partial charge in [-0.2, -0.15) is 4.68 Å². The first-order valence-corrected chi connectivity index (χ1v) is 8.24. The zero-order valence-electron chi connectivity index (χ0n) is 11.6. The van der Waals surface area contributed by atoms with E-state index in [4.69, 9.17) is 0 Å². The lowest BCUT2D eigenvalue weighted by atomic mass is 10.3. The number of nitrogens with zero attached hydrogens (tertiary/aromatic N) is 4. The van der Waals surface area contributed by atoms with Crippen LogP contribution < -0.4 is 0 Å². The highest BCUT2D eigenvalue weighted by atomic mass is 32.2. The molecule has 3 aromatic rings. The van der Waals surface area contributed by atoms with E-state index in [-0.39, 0.29) is 17.3 Å². The van der Waals surface area contributed by atoms with Crippen LogP contribution in [0.4, 0.5) is 0 Å². The average molecular weight is 332 g/mol. The molecule has 0 aliphatic carbocycles. The molecular weight excluding hydrogens is 320 g/mol. The number of aromatic nitrogens is 4. The first-order chi connectivity index (χ1) is 10.6. The highest BCUT2D eigenvalue weighted by molar-refractivity contribution is 7.99. The summed E-state index contributed by atoms with van der Waals surface area (Å²) >= 11 is 2.77.